The predicted octanol–water partition coefficient (Wildman–Crippen LogP) is 1.18. The van der Waals surface area contributed by atoms with E-state index in [0.29, 0.717) is 0 Å². The van der Waals surface area contributed by atoms with Gasteiger partial charge in [0.2, 0.25) is 0 Å². The molecule has 0 aromatic heterocycles. The van der Waals surface area contributed by atoms with E-state index in [2.05, 4.69) is 5.32 Å². The summed E-state index contributed by atoms with van der Waals surface area (Å²) in [7, 11) is 0. The van der Waals surface area contributed by atoms with Gasteiger partial charge in [-0.2, -0.15) is 0 Å². The van der Waals surface area contributed by atoms with Crippen molar-refractivity contribution in [1.82, 2.24) is 10.2 Å². The lowest BCUT2D eigenvalue weighted by Gasteiger charge is -2.16. The average Bonchev–Trinajstić information content (AvgIpc) is 2.93. The number of rotatable bonds is 5. The highest BCUT2D eigenvalue weighted by molar-refractivity contribution is 6.30. The number of ether oxygens (including phenoxy) is 1. The molecule has 3 N–H and O–H groups in total. The molecule has 0 unspecified atom stereocenters. The molecule has 2 rings (SSSR count). The Labute approximate surface area is 140 Å². The molecule has 2 atom stereocenters. The maximum absolute atomic E-state index is 13.2. The van der Waals surface area contributed by atoms with Gasteiger partial charge in [0.1, 0.15) is 17.6 Å². The van der Waals surface area contributed by atoms with Crippen LogP contribution in [-0.2, 0) is 9.59 Å². The van der Waals surface area contributed by atoms with Gasteiger partial charge in [-0.05, 0) is 12.1 Å². The lowest BCUT2D eigenvalue weighted by molar-refractivity contribution is -0.141. The van der Waals surface area contributed by atoms with Gasteiger partial charge in [-0.15, -0.1) is 0 Å². The van der Waals surface area contributed by atoms with Crippen molar-refractivity contribution in [2.45, 2.75) is 18.5 Å². The van der Waals surface area contributed by atoms with Crippen molar-refractivity contribution in [3.63, 3.8) is 0 Å². The first-order valence-electron chi connectivity index (χ1n) is 6.87. The number of halogens is 2. The monoisotopic (exact) mass is 360 g/mol. The minimum absolute atomic E-state index is 0.0387. The molecule has 24 heavy (non-hydrogen) atoms. The van der Waals surface area contributed by atoms with Crippen LogP contribution in [0.2, 0.25) is 5.02 Å². The molecule has 2 amide bonds. The van der Waals surface area contributed by atoms with Crippen LogP contribution >= 0.6 is 11.6 Å². The zero-order chi connectivity index (χ0) is 17.9. The number of hydrogen-bond donors (Lipinski definition) is 3. The SMILES string of the molecule is O=C(COc1ccc(Cl)c(F)c1)N[C@H]1C[C@H](C(=O)O)N(C(=O)O)C1. The number of hydrogen-bond acceptors (Lipinski definition) is 4. The van der Waals surface area contributed by atoms with Crippen molar-refractivity contribution >= 4 is 29.6 Å². The molecule has 10 heteroatoms. The van der Waals surface area contributed by atoms with E-state index < -0.39 is 42.5 Å². The van der Waals surface area contributed by atoms with Gasteiger partial charge in [-0.25, -0.2) is 14.0 Å². The molecular formula is C14H14ClFN2O6. The van der Waals surface area contributed by atoms with Crippen LogP contribution < -0.4 is 10.1 Å². The zero-order valence-corrected chi connectivity index (χ0v) is 13.0. The number of nitrogens with zero attached hydrogens (tertiary/aromatic N) is 1. The highest BCUT2D eigenvalue weighted by atomic mass is 35.5. The number of carboxylic acid groups (broad SMARTS) is 2. The molecule has 1 aromatic carbocycles. The number of benzene rings is 1. The van der Waals surface area contributed by atoms with Crippen molar-refractivity contribution in [2.75, 3.05) is 13.2 Å². The predicted molar refractivity (Wildman–Crippen MR) is 79.6 cm³/mol. The molecule has 1 saturated heterocycles. The van der Waals surface area contributed by atoms with Gasteiger partial charge in [0.05, 0.1) is 5.02 Å². The Kier molecular flexibility index (Phi) is 5.45. The lowest BCUT2D eigenvalue weighted by Crippen LogP contribution is -2.41. The van der Waals surface area contributed by atoms with Crippen molar-refractivity contribution in [1.29, 1.82) is 0 Å². The average molecular weight is 361 g/mol. The third-order valence-corrected chi connectivity index (χ3v) is 3.76. The molecule has 130 valence electrons. The van der Waals surface area contributed by atoms with Crippen molar-refractivity contribution in [2.24, 2.45) is 0 Å². The topological polar surface area (TPSA) is 116 Å². The highest BCUT2D eigenvalue weighted by Gasteiger charge is 2.40. The first-order valence-corrected chi connectivity index (χ1v) is 7.25. The van der Waals surface area contributed by atoms with Gasteiger partial charge >= 0.3 is 12.1 Å². The molecule has 0 spiro atoms. The molecule has 0 saturated carbocycles. The van der Waals surface area contributed by atoms with Gasteiger partial charge in [-0.1, -0.05) is 11.6 Å². The van der Waals surface area contributed by atoms with Gasteiger partial charge in [-0.3, -0.25) is 9.69 Å². The molecule has 0 radical (unpaired) electrons. The lowest BCUT2D eigenvalue weighted by atomic mass is 10.2. The van der Waals surface area contributed by atoms with E-state index in [1.165, 1.54) is 12.1 Å². The van der Waals surface area contributed by atoms with Crippen LogP contribution in [0.4, 0.5) is 9.18 Å². The molecule has 0 aliphatic carbocycles. The van der Waals surface area contributed by atoms with E-state index >= 15 is 0 Å². The van der Waals surface area contributed by atoms with Crippen LogP contribution in [-0.4, -0.2) is 58.3 Å². The fraction of sp³-hybridized carbons (Fsp3) is 0.357. The van der Waals surface area contributed by atoms with Crippen LogP contribution in [0.5, 0.6) is 5.75 Å². The number of likely N-dealkylation sites (tertiary alicyclic amines) is 1. The second kappa shape index (κ2) is 7.35. The normalized spacial score (nSPS) is 19.8. The molecule has 8 nitrogen and oxygen atoms in total. The Morgan fingerprint density at radius 1 is 1.38 bits per heavy atom. The second-order valence-corrected chi connectivity index (χ2v) is 5.56. The summed E-state index contributed by atoms with van der Waals surface area (Å²) in [5.41, 5.74) is 0. The molecule has 1 aliphatic rings. The summed E-state index contributed by atoms with van der Waals surface area (Å²) in [6.45, 7) is -0.560. The van der Waals surface area contributed by atoms with E-state index in [1.54, 1.807) is 0 Å². The maximum atomic E-state index is 13.2. The second-order valence-electron chi connectivity index (χ2n) is 5.15. The summed E-state index contributed by atoms with van der Waals surface area (Å²) in [5.74, 6) is -2.44. The van der Waals surface area contributed by atoms with Crippen molar-refractivity contribution < 1.29 is 33.7 Å². The zero-order valence-electron chi connectivity index (χ0n) is 12.2. The molecule has 1 fully saturated rings. The van der Waals surface area contributed by atoms with E-state index in [0.717, 1.165) is 11.0 Å². The Morgan fingerprint density at radius 3 is 2.62 bits per heavy atom. The van der Waals surface area contributed by atoms with Gasteiger partial charge in [0.15, 0.2) is 6.61 Å². The van der Waals surface area contributed by atoms with E-state index in [9.17, 15) is 18.8 Å². The summed E-state index contributed by atoms with van der Waals surface area (Å²) >= 11 is 5.52. The Hall–Kier alpha value is -2.55. The Bertz CT molecular complexity index is 649. The minimum Gasteiger partial charge on any atom is -0.484 e. The third-order valence-electron chi connectivity index (χ3n) is 3.46. The fourth-order valence-electron chi connectivity index (χ4n) is 2.37. The largest absolute Gasteiger partial charge is 0.484 e. The smallest absolute Gasteiger partial charge is 0.408 e. The fourth-order valence-corrected chi connectivity index (χ4v) is 2.49. The number of carbonyl (C=O) groups is 3. The van der Waals surface area contributed by atoms with Crippen molar-refractivity contribution in [3.8, 4) is 5.75 Å². The summed E-state index contributed by atoms with van der Waals surface area (Å²) in [6.07, 6.45) is -1.41. The number of carbonyl (C=O) groups excluding carboxylic acids is 1. The third kappa shape index (κ3) is 4.25. The van der Waals surface area contributed by atoms with E-state index in [4.69, 9.17) is 26.6 Å². The number of amides is 2. The van der Waals surface area contributed by atoms with Crippen LogP contribution in [0.1, 0.15) is 6.42 Å². The molecular weight excluding hydrogens is 347 g/mol. The van der Waals surface area contributed by atoms with Crippen LogP contribution in [0.25, 0.3) is 0 Å². The summed E-state index contributed by atoms with van der Waals surface area (Å²) in [6, 6.07) is 1.85. The number of carboxylic acids is 1. The summed E-state index contributed by atoms with van der Waals surface area (Å²) in [4.78, 5) is 34.6. The van der Waals surface area contributed by atoms with Crippen LogP contribution in [0.15, 0.2) is 18.2 Å². The summed E-state index contributed by atoms with van der Waals surface area (Å²) < 4.78 is 18.3. The van der Waals surface area contributed by atoms with Crippen LogP contribution in [0.3, 0.4) is 0 Å². The van der Waals surface area contributed by atoms with Gasteiger partial charge in [0.25, 0.3) is 5.91 Å². The van der Waals surface area contributed by atoms with Crippen LogP contribution in [0, 0.1) is 5.82 Å². The van der Waals surface area contributed by atoms with Crippen molar-refractivity contribution in [3.05, 3.63) is 29.0 Å². The molecule has 1 aromatic rings. The van der Waals surface area contributed by atoms with Gasteiger partial charge in [0, 0.05) is 25.1 Å². The Balaban J connectivity index is 1.87. The quantitative estimate of drug-likeness (QED) is 0.726. The maximum Gasteiger partial charge on any atom is 0.408 e. The standard InChI is InChI=1S/C14H14ClFN2O6/c15-9-2-1-8(4-10(9)16)24-6-12(19)17-7-3-11(13(20)21)18(5-7)14(22)23/h1-2,4,7,11H,3,5-6H2,(H,17,19)(H,20,21)(H,22,23)/t7-,11+/m0/s1. The molecule has 1 heterocycles. The van der Waals surface area contributed by atoms with E-state index in [-0.39, 0.29) is 23.7 Å². The number of nitrogens with one attached hydrogen (secondary N) is 1. The Morgan fingerprint density at radius 2 is 2.08 bits per heavy atom. The first kappa shape index (κ1) is 17.8. The molecule has 0 bridgehead atoms. The van der Waals surface area contributed by atoms with E-state index in [1.807, 2.05) is 0 Å². The minimum atomic E-state index is -1.37. The highest BCUT2D eigenvalue weighted by Crippen LogP contribution is 2.21. The summed E-state index contributed by atoms with van der Waals surface area (Å²) in [5, 5.41) is 20.4. The number of aliphatic carboxylic acids is 1. The molecule has 1 aliphatic heterocycles. The first-order chi connectivity index (χ1) is 11.3. The van der Waals surface area contributed by atoms with Gasteiger partial charge < -0.3 is 20.3 Å².